The van der Waals surface area contributed by atoms with Gasteiger partial charge in [0.2, 0.25) is 10.0 Å². The van der Waals surface area contributed by atoms with E-state index in [0.29, 0.717) is 36.6 Å². The first-order chi connectivity index (χ1) is 14.6. The van der Waals surface area contributed by atoms with Gasteiger partial charge in [-0.05, 0) is 59.3 Å². The summed E-state index contributed by atoms with van der Waals surface area (Å²) in [6.07, 6.45) is 3.47. The van der Waals surface area contributed by atoms with Crippen LogP contribution in [0.4, 0.5) is 0 Å². The van der Waals surface area contributed by atoms with E-state index in [1.807, 2.05) is 30.3 Å². The fourth-order valence-electron chi connectivity index (χ4n) is 5.30. The van der Waals surface area contributed by atoms with Gasteiger partial charge in [0.15, 0.2) is 0 Å². The van der Waals surface area contributed by atoms with Gasteiger partial charge in [0, 0.05) is 25.9 Å². The molecule has 2 unspecified atom stereocenters. The summed E-state index contributed by atoms with van der Waals surface area (Å²) in [5, 5.41) is 0. The molecular formula is C26H33NO3S. The van der Waals surface area contributed by atoms with E-state index in [9.17, 15) is 13.2 Å². The Labute approximate surface area is 186 Å². The van der Waals surface area contributed by atoms with Crippen molar-refractivity contribution in [1.29, 1.82) is 0 Å². The van der Waals surface area contributed by atoms with Gasteiger partial charge in [-0.1, -0.05) is 63.2 Å². The zero-order valence-electron chi connectivity index (χ0n) is 18.8. The Balaban J connectivity index is 1.63. The minimum atomic E-state index is -3.57. The van der Waals surface area contributed by atoms with Crippen molar-refractivity contribution < 1.29 is 13.2 Å². The van der Waals surface area contributed by atoms with Gasteiger partial charge in [-0.15, -0.1) is 0 Å². The maximum Gasteiger partial charge on any atom is 0.243 e. The van der Waals surface area contributed by atoms with Gasteiger partial charge in [-0.25, -0.2) is 8.42 Å². The third-order valence-electron chi connectivity index (χ3n) is 7.22. The van der Waals surface area contributed by atoms with Crippen LogP contribution in [0.5, 0.6) is 0 Å². The van der Waals surface area contributed by atoms with E-state index in [4.69, 9.17) is 0 Å². The number of nitrogens with zero attached hydrogens (tertiary/aromatic N) is 1. The Kier molecular flexibility index (Phi) is 5.86. The molecule has 1 aliphatic carbocycles. The standard InChI is InChI=1S/C26H33NO3S/c1-25(2,3)21-9-11-24(12-10-21)31(29,30)27-16-14-22-17-23(28)13-15-26(22,19-27)18-20-7-5-4-6-8-20/h4-12,22H,13-19H2,1-3H3. The lowest BCUT2D eigenvalue weighted by Crippen LogP contribution is -2.54. The lowest BCUT2D eigenvalue weighted by atomic mass is 9.60. The fourth-order valence-corrected chi connectivity index (χ4v) is 6.86. The number of hydrogen-bond donors (Lipinski definition) is 0. The zero-order valence-corrected chi connectivity index (χ0v) is 19.6. The van der Waals surface area contributed by atoms with Crippen LogP contribution in [0.2, 0.25) is 0 Å². The summed E-state index contributed by atoms with van der Waals surface area (Å²) in [6, 6.07) is 17.6. The third kappa shape index (κ3) is 4.49. The Morgan fingerprint density at radius 3 is 2.35 bits per heavy atom. The lowest BCUT2D eigenvalue weighted by Gasteiger charge is -2.50. The SMILES string of the molecule is CC(C)(C)c1ccc(S(=O)(=O)N2CCC3CC(=O)CCC3(Cc3ccccc3)C2)cc1. The van der Waals surface area contributed by atoms with Crippen molar-refractivity contribution in [3.8, 4) is 0 Å². The highest BCUT2D eigenvalue weighted by Gasteiger charge is 2.49. The number of benzene rings is 2. The van der Waals surface area contributed by atoms with Crippen LogP contribution in [-0.4, -0.2) is 31.6 Å². The average Bonchev–Trinajstić information content (AvgIpc) is 2.74. The van der Waals surface area contributed by atoms with Crippen molar-refractivity contribution in [2.75, 3.05) is 13.1 Å². The molecule has 0 radical (unpaired) electrons. The summed E-state index contributed by atoms with van der Waals surface area (Å²) in [6.45, 7) is 7.35. The van der Waals surface area contributed by atoms with Crippen LogP contribution in [0, 0.1) is 11.3 Å². The summed E-state index contributed by atoms with van der Waals surface area (Å²) in [7, 11) is -3.57. The van der Waals surface area contributed by atoms with Crippen molar-refractivity contribution in [3.05, 3.63) is 65.7 Å². The summed E-state index contributed by atoms with van der Waals surface area (Å²) in [5.74, 6) is 0.575. The van der Waals surface area contributed by atoms with Crippen molar-refractivity contribution in [2.45, 2.75) is 63.2 Å². The highest BCUT2D eigenvalue weighted by Crippen LogP contribution is 2.48. The smallest absolute Gasteiger partial charge is 0.243 e. The molecule has 4 rings (SSSR count). The number of carbonyl (C=O) groups is 1. The van der Waals surface area contributed by atoms with Gasteiger partial charge in [0.05, 0.1) is 4.90 Å². The van der Waals surface area contributed by atoms with Crippen LogP contribution < -0.4 is 0 Å². The molecule has 5 heteroatoms. The number of ketones is 1. The maximum absolute atomic E-state index is 13.5. The summed E-state index contributed by atoms with van der Waals surface area (Å²) < 4.78 is 28.8. The monoisotopic (exact) mass is 439 g/mol. The second-order valence-electron chi connectivity index (χ2n) is 10.4. The molecule has 4 nitrogen and oxygen atoms in total. The summed E-state index contributed by atoms with van der Waals surface area (Å²) in [4.78, 5) is 12.6. The van der Waals surface area contributed by atoms with E-state index < -0.39 is 10.0 Å². The molecular weight excluding hydrogens is 406 g/mol. The molecule has 0 N–H and O–H groups in total. The van der Waals surface area contributed by atoms with Crippen LogP contribution in [-0.2, 0) is 26.7 Å². The lowest BCUT2D eigenvalue weighted by molar-refractivity contribution is -0.126. The van der Waals surface area contributed by atoms with E-state index >= 15 is 0 Å². The Bertz CT molecular complexity index is 1040. The minimum absolute atomic E-state index is 0.0188. The molecule has 1 heterocycles. The molecule has 0 bridgehead atoms. The maximum atomic E-state index is 13.5. The topological polar surface area (TPSA) is 54.5 Å². The number of hydrogen-bond acceptors (Lipinski definition) is 3. The molecule has 1 saturated heterocycles. The van der Waals surface area contributed by atoms with Gasteiger partial charge in [-0.3, -0.25) is 4.79 Å². The number of carbonyl (C=O) groups excluding carboxylic acids is 1. The first-order valence-corrected chi connectivity index (χ1v) is 12.7. The van der Waals surface area contributed by atoms with Gasteiger partial charge < -0.3 is 0 Å². The van der Waals surface area contributed by atoms with Crippen molar-refractivity contribution >= 4 is 15.8 Å². The second kappa shape index (κ2) is 8.18. The zero-order chi connectivity index (χ0) is 22.3. The number of piperidine rings is 1. The Morgan fingerprint density at radius 2 is 1.71 bits per heavy atom. The third-order valence-corrected chi connectivity index (χ3v) is 9.08. The van der Waals surface area contributed by atoms with Crippen molar-refractivity contribution in [1.82, 2.24) is 4.31 Å². The molecule has 0 spiro atoms. The number of Topliss-reactive ketones (excluding diaryl/α,β-unsaturated/α-hetero) is 1. The molecule has 2 atom stereocenters. The number of fused-ring (bicyclic) bond motifs is 1. The molecule has 1 aliphatic heterocycles. The predicted octanol–water partition coefficient (Wildman–Crippen LogP) is 4.98. The number of sulfonamides is 1. The average molecular weight is 440 g/mol. The van der Waals surface area contributed by atoms with Crippen LogP contribution in [0.15, 0.2) is 59.5 Å². The molecule has 0 amide bonds. The van der Waals surface area contributed by atoms with Gasteiger partial charge in [-0.2, -0.15) is 4.31 Å². The largest absolute Gasteiger partial charge is 0.300 e. The van der Waals surface area contributed by atoms with Crippen molar-refractivity contribution in [2.24, 2.45) is 11.3 Å². The quantitative estimate of drug-likeness (QED) is 0.675. The predicted molar refractivity (Wildman–Crippen MR) is 123 cm³/mol. The highest BCUT2D eigenvalue weighted by molar-refractivity contribution is 7.89. The van der Waals surface area contributed by atoms with Crippen LogP contribution in [0.25, 0.3) is 0 Å². The van der Waals surface area contributed by atoms with E-state index in [2.05, 4.69) is 32.9 Å². The first-order valence-electron chi connectivity index (χ1n) is 11.3. The van der Waals surface area contributed by atoms with Crippen LogP contribution in [0.3, 0.4) is 0 Å². The Hall–Kier alpha value is -1.98. The van der Waals surface area contributed by atoms with E-state index in [1.165, 1.54) is 5.56 Å². The first kappa shape index (κ1) is 22.2. The molecule has 166 valence electrons. The van der Waals surface area contributed by atoms with E-state index in [-0.39, 0.29) is 16.7 Å². The van der Waals surface area contributed by atoms with Gasteiger partial charge in [0.25, 0.3) is 0 Å². The molecule has 2 fully saturated rings. The van der Waals surface area contributed by atoms with Crippen LogP contribution >= 0.6 is 0 Å². The molecule has 2 aliphatic rings. The molecule has 0 aromatic heterocycles. The van der Waals surface area contributed by atoms with Gasteiger partial charge in [0.1, 0.15) is 5.78 Å². The second-order valence-corrected chi connectivity index (χ2v) is 12.3. The summed E-state index contributed by atoms with van der Waals surface area (Å²) >= 11 is 0. The van der Waals surface area contributed by atoms with E-state index in [1.54, 1.807) is 16.4 Å². The normalized spacial score (nSPS) is 25.3. The highest BCUT2D eigenvalue weighted by atomic mass is 32.2. The van der Waals surface area contributed by atoms with Crippen LogP contribution in [0.1, 0.15) is 57.6 Å². The fraction of sp³-hybridized carbons (Fsp3) is 0.500. The molecule has 2 aromatic carbocycles. The summed E-state index contributed by atoms with van der Waals surface area (Å²) in [5.41, 5.74) is 2.15. The van der Waals surface area contributed by atoms with Gasteiger partial charge >= 0.3 is 0 Å². The molecule has 2 aromatic rings. The molecule has 1 saturated carbocycles. The number of rotatable bonds is 4. The van der Waals surface area contributed by atoms with Crippen molar-refractivity contribution in [3.63, 3.8) is 0 Å². The minimum Gasteiger partial charge on any atom is -0.300 e. The van der Waals surface area contributed by atoms with E-state index in [0.717, 1.165) is 24.8 Å². The Morgan fingerprint density at radius 1 is 1.03 bits per heavy atom. The molecule has 31 heavy (non-hydrogen) atoms.